The van der Waals surface area contributed by atoms with E-state index in [2.05, 4.69) is 0 Å². The molecule has 0 aromatic carbocycles. The quantitative estimate of drug-likeness (QED) is 0.691. The Morgan fingerprint density at radius 2 is 2.25 bits per heavy atom. The number of halogens is 1. The van der Waals surface area contributed by atoms with Crippen LogP contribution in [0.2, 0.25) is 0 Å². The van der Waals surface area contributed by atoms with Crippen LogP contribution in [0.4, 0.5) is 4.39 Å². The van der Waals surface area contributed by atoms with Crippen molar-refractivity contribution in [3.05, 3.63) is 0 Å². The van der Waals surface area contributed by atoms with E-state index >= 15 is 0 Å². The lowest BCUT2D eigenvalue weighted by molar-refractivity contribution is -0.136. The summed E-state index contributed by atoms with van der Waals surface area (Å²) in [4.78, 5) is 10.9. The average molecular weight is 173 g/mol. The third-order valence-corrected chi connectivity index (χ3v) is 2.78. The predicted molar refractivity (Wildman–Crippen MR) is 45.3 cm³/mol. The molecule has 12 heavy (non-hydrogen) atoms. The van der Waals surface area contributed by atoms with Crippen molar-refractivity contribution in [3.8, 4) is 0 Å². The van der Waals surface area contributed by atoms with E-state index in [9.17, 15) is 9.18 Å². The Kier molecular flexibility index (Phi) is 2.70. The van der Waals surface area contributed by atoms with E-state index in [1.807, 2.05) is 6.92 Å². The maximum absolute atomic E-state index is 13.9. The summed E-state index contributed by atoms with van der Waals surface area (Å²) in [7, 11) is 0. The Morgan fingerprint density at radius 1 is 1.67 bits per heavy atom. The molecule has 2 nitrogen and oxygen atoms in total. The highest BCUT2D eigenvalue weighted by atomic mass is 19.1. The van der Waals surface area contributed by atoms with Crippen LogP contribution >= 0.6 is 0 Å². The maximum Gasteiger partial charge on any atom is 0.255 e. The molecule has 0 radical (unpaired) electrons. The lowest BCUT2D eigenvalue weighted by Crippen LogP contribution is -2.48. The highest BCUT2D eigenvalue weighted by Crippen LogP contribution is 2.41. The van der Waals surface area contributed by atoms with Gasteiger partial charge in [0.2, 0.25) is 0 Å². The number of hydrogen-bond acceptors (Lipinski definition) is 1. The number of alkyl halides is 1. The highest BCUT2D eigenvalue weighted by Gasteiger charge is 2.46. The van der Waals surface area contributed by atoms with Crippen LogP contribution in [0.1, 0.15) is 39.0 Å². The molecule has 70 valence electrons. The molecule has 1 aliphatic carbocycles. The monoisotopic (exact) mass is 173 g/mol. The number of hydrogen-bond donors (Lipinski definition) is 1. The van der Waals surface area contributed by atoms with Crippen molar-refractivity contribution in [2.75, 3.05) is 0 Å². The van der Waals surface area contributed by atoms with Gasteiger partial charge in [0, 0.05) is 5.92 Å². The minimum Gasteiger partial charge on any atom is -0.367 e. The van der Waals surface area contributed by atoms with E-state index in [-0.39, 0.29) is 12.3 Å². The van der Waals surface area contributed by atoms with Crippen molar-refractivity contribution in [3.63, 3.8) is 0 Å². The van der Waals surface area contributed by atoms with Gasteiger partial charge in [0.05, 0.1) is 0 Å². The molecule has 3 heteroatoms. The Balaban J connectivity index is 2.63. The van der Waals surface area contributed by atoms with Gasteiger partial charge in [0.15, 0.2) is 5.67 Å². The van der Waals surface area contributed by atoms with Gasteiger partial charge in [-0.15, -0.1) is 0 Å². The first-order valence-electron chi connectivity index (χ1n) is 4.60. The molecule has 2 N–H and O–H groups in total. The van der Waals surface area contributed by atoms with Crippen LogP contribution in [0.3, 0.4) is 0 Å². The fraction of sp³-hybridized carbons (Fsp3) is 0.889. The molecule has 1 atom stereocenters. The van der Waals surface area contributed by atoms with Crippen LogP contribution in [0.15, 0.2) is 0 Å². The topological polar surface area (TPSA) is 43.1 Å². The molecule has 0 bridgehead atoms. The normalized spacial score (nSPS) is 22.8. The van der Waals surface area contributed by atoms with E-state index in [0.717, 1.165) is 19.3 Å². The first-order chi connectivity index (χ1) is 5.61. The first kappa shape index (κ1) is 9.49. The van der Waals surface area contributed by atoms with Gasteiger partial charge in [-0.2, -0.15) is 0 Å². The zero-order chi connectivity index (χ0) is 9.19. The number of carbonyl (C=O) groups excluding carboxylic acids is 1. The van der Waals surface area contributed by atoms with Crippen LogP contribution in [-0.4, -0.2) is 11.6 Å². The minimum absolute atomic E-state index is 0.102. The van der Waals surface area contributed by atoms with Crippen LogP contribution in [0, 0.1) is 5.92 Å². The van der Waals surface area contributed by atoms with E-state index in [1.54, 1.807) is 0 Å². The molecule has 0 spiro atoms. The molecule has 1 saturated carbocycles. The Bertz CT molecular complexity index is 179. The van der Waals surface area contributed by atoms with E-state index < -0.39 is 11.6 Å². The first-order valence-corrected chi connectivity index (χ1v) is 4.60. The summed E-state index contributed by atoms with van der Waals surface area (Å²) in [5.74, 6) is -0.871. The molecule has 0 aromatic heterocycles. The summed E-state index contributed by atoms with van der Waals surface area (Å²) < 4.78 is 13.9. The standard InChI is InChI=1S/C9H16FNO/c1-2-6-9(10,8(11)12)7-4-3-5-7/h7H,2-6H2,1H3,(H2,11,12). The number of primary amides is 1. The summed E-state index contributed by atoms with van der Waals surface area (Å²) in [6.07, 6.45) is 3.63. The summed E-state index contributed by atoms with van der Waals surface area (Å²) in [6.45, 7) is 1.87. The van der Waals surface area contributed by atoms with E-state index in [4.69, 9.17) is 5.73 Å². The Labute approximate surface area is 72.3 Å². The number of amides is 1. The van der Waals surface area contributed by atoms with Gasteiger partial charge in [-0.05, 0) is 19.3 Å². The minimum atomic E-state index is -1.72. The highest BCUT2D eigenvalue weighted by molar-refractivity contribution is 5.83. The van der Waals surface area contributed by atoms with Crippen LogP contribution < -0.4 is 5.73 Å². The van der Waals surface area contributed by atoms with Gasteiger partial charge in [0.25, 0.3) is 5.91 Å². The fourth-order valence-corrected chi connectivity index (χ4v) is 1.76. The third-order valence-electron chi connectivity index (χ3n) is 2.78. The molecular weight excluding hydrogens is 157 g/mol. The smallest absolute Gasteiger partial charge is 0.255 e. The summed E-state index contributed by atoms with van der Waals surface area (Å²) in [5.41, 5.74) is 3.34. The molecule has 0 heterocycles. The van der Waals surface area contributed by atoms with Crippen LogP contribution in [0.5, 0.6) is 0 Å². The molecule has 1 amide bonds. The zero-order valence-corrected chi connectivity index (χ0v) is 7.48. The second kappa shape index (κ2) is 3.42. The van der Waals surface area contributed by atoms with Gasteiger partial charge in [-0.25, -0.2) is 4.39 Å². The van der Waals surface area contributed by atoms with Crippen LogP contribution in [-0.2, 0) is 4.79 Å². The number of nitrogens with two attached hydrogens (primary N) is 1. The van der Waals surface area contributed by atoms with Crippen molar-refractivity contribution in [2.24, 2.45) is 11.7 Å². The van der Waals surface area contributed by atoms with Crippen molar-refractivity contribution in [2.45, 2.75) is 44.7 Å². The number of carbonyl (C=O) groups is 1. The number of rotatable bonds is 4. The summed E-state index contributed by atoms with van der Waals surface area (Å²) in [6, 6.07) is 0. The van der Waals surface area contributed by atoms with E-state index in [0.29, 0.717) is 6.42 Å². The van der Waals surface area contributed by atoms with Gasteiger partial charge in [-0.3, -0.25) is 4.79 Å². The second-order valence-electron chi connectivity index (χ2n) is 3.60. The molecule has 0 aromatic rings. The molecule has 1 rings (SSSR count). The van der Waals surface area contributed by atoms with E-state index in [1.165, 1.54) is 0 Å². The van der Waals surface area contributed by atoms with Gasteiger partial charge in [-0.1, -0.05) is 19.8 Å². The molecule has 1 aliphatic rings. The lowest BCUT2D eigenvalue weighted by atomic mass is 9.72. The molecule has 1 fully saturated rings. The largest absolute Gasteiger partial charge is 0.367 e. The molecule has 1 unspecified atom stereocenters. The Hall–Kier alpha value is -0.600. The predicted octanol–water partition coefficient (Wildman–Crippen LogP) is 1.78. The van der Waals surface area contributed by atoms with Gasteiger partial charge < -0.3 is 5.73 Å². The summed E-state index contributed by atoms with van der Waals surface area (Å²) in [5, 5.41) is 0. The SMILES string of the molecule is CCCC(F)(C(N)=O)C1CCC1. The zero-order valence-electron chi connectivity index (χ0n) is 7.48. The van der Waals surface area contributed by atoms with Gasteiger partial charge in [0.1, 0.15) is 0 Å². The molecule has 0 aliphatic heterocycles. The van der Waals surface area contributed by atoms with Crippen molar-refractivity contribution in [1.82, 2.24) is 0 Å². The second-order valence-corrected chi connectivity index (χ2v) is 3.60. The summed E-state index contributed by atoms with van der Waals surface area (Å²) >= 11 is 0. The fourth-order valence-electron chi connectivity index (χ4n) is 1.76. The van der Waals surface area contributed by atoms with Crippen molar-refractivity contribution >= 4 is 5.91 Å². The third kappa shape index (κ3) is 1.45. The van der Waals surface area contributed by atoms with Crippen LogP contribution in [0.25, 0.3) is 0 Å². The van der Waals surface area contributed by atoms with Gasteiger partial charge >= 0.3 is 0 Å². The molecule has 0 saturated heterocycles. The average Bonchev–Trinajstić information content (AvgIpc) is 1.83. The lowest BCUT2D eigenvalue weighted by Gasteiger charge is -2.36. The molecular formula is C9H16FNO. The van der Waals surface area contributed by atoms with Crippen molar-refractivity contribution in [1.29, 1.82) is 0 Å². The Morgan fingerprint density at radius 3 is 2.50 bits per heavy atom. The van der Waals surface area contributed by atoms with Crippen molar-refractivity contribution < 1.29 is 9.18 Å². The maximum atomic E-state index is 13.9.